The molecule has 150 valence electrons. The van der Waals surface area contributed by atoms with Crippen molar-refractivity contribution >= 4 is 23.1 Å². The van der Waals surface area contributed by atoms with Crippen LogP contribution in [0.3, 0.4) is 0 Å². The van der Waals surface area contributed by atoms with Gasteiger partial charge in [0.25, 0.3) is 5.70 Å². The number of nitrogens with zero attached hydrogens (tertiary/aromatic N) is 4. The fourth-order valence-electron chi connectivity index (χ4n) is 3.13. The summed E-state index contributed by atoms with van der Waals surface area (Å²) in [4.78, 5) is 7.51. The largest absolute Gasteiger partial charge is 0.493 e. The van der Waals surface area contributed by atoms with Crippen LogP contribution in [0.25, 0.3) is 10.9 Å². The molecule has 0 spiro atoms. The van der Waals surface area contributed by atoms with Gasteiger partial charge in [-0.1, -0.05) is 18.2 Å². The third kappa shape index (κ3) is 4.90. The van der Waals surface area contributed by atoms with Crippen molar-refractivity contribution in [3.63, 3.8) is 0 Å². The Balaban J connectivity index is 1.72. The molecule has 0 atom stereocenters. The first-order valence-corrected chi connectivity index (χ1v) is 9.66. The predicted octanol–water partition coefficient (Wildman–Crippen LogP) is 5.53. The maximum absolute atomic E-state index is 9.05. The van der Waals surface area contributed by atoms with E-state index < -0.39 is 0 Å². The molecule has 0 saturated carbocycles. The first-order valence-electron chi connectivity index (χ1n) is 9.66. The van der Waals surface area contributed by atoms with E-state index >= 15 is 0 Å². The van der Waals surface area contributed by atoms with Crippen LogP contribution in [-0.4, -0.2) is 27.7 Å². The Morgan fingerprint density at radius 1 is 1.00 bits per heavy atom. The van der Waals surface area contributed by atoms with Gasteiger partial charge in [-0.05, 0) is 66.1 Å². The Bertz CT molecular complexity index is 1050. The Morgan fingerprint density at radius 3 is 2.17 bits per heavy atom. The van der Waals surface area contributed by atoms with Crippen LogP contribution < -0.4 is 9.80 Å². The molecule has 30 heavy (non-hydrogen) atoms. The van der Waals surface area contributed by atoms with Crippen LogP contribution >= 0.6 is 0 Å². The van der Waals surface area contributed by atoms with Crippen molar-refractivity contribution in [3.8, 4) is 6.07 Å². The van der Waals surface area contributed by atoms with Crippen LogP contribution in [0.1, 0.15) is 12.0 Å². The standard InChI is InChI=1S/C25H24N4O/c1-27-25(18-26)20-15-16-30-24(17-20)14-7-19-5-8-22(9-6-19)29(4)23-12-10-21(11-13-23)28(2)3/h5-14,17H,15-16H2,2-4H3. The molecule has 1 aliphatic heterocycles. The Labute approximate surface area is 178 Å². The van der Waals surface area contributed by atoms with E-state index in [2.05, 4.69) is 63.2 Å². The van der Waals surface area contributed by atoms with Crippen molar-refractivity contribution in [3.05, 3.63) is 94.7 Å². The average molecular weight is 396 g/mol. The summed E-state index contributed by atoms with van der Waals surface area (Å²) in [5.41, 5.74) is 5.30. The molecule has 2 aromatic rings. The third-order valence-electron chi connectivity index (χ3n) is 4.95. The van der Waals surface area contributed by atoms with Crippen molar-refractivity contribution in [1.82, 2.24) is 0 Å². The normalized spacial score (nSPS) is 14.9. The van der Waals surface area contributed by atoms with Gasteiger partial charge in [-0.25, -0.2) is 10.1 Å². The van der Waals surface area contributed by atoms with Crippen molar-refractivity contribution in [2.24, 2.45) is 0 Å². The van der Waals surface area contributed by atoms with Crippen molar-refractivity contribution in [2.45, 2.75) is 6.42 Å². The van der Waals surface area contributed by atoms with Crippen LogP contribution in [0.4, 0.5) is 17.1 Å². The van der Waals surface area contributed by atoms with E-state index in [1.54, 1.807) is 6.08 Å². The molecule has 5 nitrogen and oxygen atoms in total. The summed E-state index contributed by atoms with van der Waals surface area (Å²) < 4.78 is 5.63. The lowest BCUT2D eigenvalue weighted by Crippen LogP contribution is -2.11. The zero-order valence-electron chi connectivity index (χ0n) is 17.5. The van der Waals surface area contributed by atoms with E-state index in [1.807, 2.05) is 39.4 Å². The van der Waals surface area contributed by atoms with Gasteiger partial charge in [0, 0.05) is 38.2 Å². The highest BCUT2D eigenvalue weighted by molar-refractivity contribution is 5.66. The van der Waals surface area contributed by atoms with Gasteiger partial charge in [-0.3, -0.25) is 0 Å². The second kappa shape index (κ2) is 9.49. The lowest BCUT2D eigenvalue weighted by molar-refractivity contribution is 0.219. The summed E-state index contributed by atoms with van der Waals surface area (Å²) in [5.74, 6) is 0.662. The summed E-state index contributed by atoms with van der Waals surface area (Å²) in [7, 11) is 6.11. The number of hydrogen-bond donors (Lipinski definition) is 0. The van der Waals surface area contributed by atoms with Gasteiger partial charge in [-0.2, -0.15) is 0 Å². The molecule has 0 fully saturated rings. The fraction of sp³-hybridized carbons (Fsp3) is 0.200. The molecule has 1 aliphatic rings. The van der Waals surface area contributed by atoms with E-state index in [1.165, 1.54) is 5.69 Å². The lowest BCUT2D eigenvalue weighted by Gasteiger charge is -2.21. The molecule has 0 bridgehead atoms. The van der Waals surface area contributed by atoms with Crippen molar-refractivity contribution in [2.75, 3.05) is 37.5 Å². The quantitative estimate of drug-likeness (QED) is 0.492. The van der Waals surface area contributed by atoms with E-state index in [0.29, 0.717) is 18.8 Å². The number of ether oxygens (including phenoxy) is 1. The summed E-state index contributed by atoms with van der Waals surface area (Å²) >= 11 is 0. The summed E-state index contributed by atoms with van der Waals surface area (Å²) in [6.07, 6.45) is 6.19. The molecule has 0 amide bonds. The minimum absolute atomic E-state index is 0.134. The second-order valence-corrected chi connectivity index (χ2v) is 7.14. The smallest absolute Gasteiger partial charge is 0.265 e. The van der Waals surface area contributed by atoms with Crippen LogP contribution in [0.15, 0.2) is 77.7 Å². The Morgan fingerprint density at radius 2 is 1.60 bits per heavy atom. The minimum atomic E-state index is 0.134. The van der Waals surface area contributed by atoms with Gasteiger partial charge in [-0.15, -0.1) is 0 Å². The van der Waals surface area contributed by atoms with Gasteiger partial charge < -0.3 is 14.5 Å². The number of allylic oxidation sites excluding steroid dienone is 3. The molecule has 0 aromatic heterocycles. The molecule has 3 rings (SSSR count). The molecule has 0 saturated heterocycles. The zero-order valence-corrected chi connectivity index (χ0v) is 17.5. The monoisotopic (exact) mass is 396 g/mol. The van der Waals surface area contributed by atoms with Crippen LogP contribution in [0.5, 0.6) is 0 Å². The number of hydrogen-bond acceptors (Lipinski definition) is 4. The van der Waals surface area contributed by atoms with Crippen LogP contribution in [0.2, 0.25) is 0 Å². The molecule has 0 unspecified atom stereocenters. The minimum Gasteiger partial charge on any atom is -0.493 e. The van der Waals surface area contributed by atoms with Crippen LogP contribution in [-0.2, 0) is 4.74 Å². The average Bonchev–Trinajstić information content (AvgIpc) is 2.79. The first kappa shape index (κ1) is 20.8. The fourth-order valence-corrected chi connectivity index (χ4v) is 3.13. The number of anilines is 3. The van der Waals surface area contributed by atoms with Gasteiger partial charge >= 0.3 is 0 Å². The topological polar surface area (TPSA) is 43.9 Å². The van der Waals surface area contributed by atoms with E-state index in [0.717, 1.165) is 22.5 Å². The predicted molar refractivity (Wildman–Crippen MR) is 122 cm³/mol. The van der Waals surface area contributed by atoms with Crippen LogP contribution in [0, 0.1) is 17.9 Å². The maximum atomic E-state index is 9.05. The zero-order chi connectivity index (χ0) is 21.5. The molecular formula is C25H24N4O. The Kier molecular flexibility index (Phi) is 6.57. The van der Waals surface area contributed by atoms with E-state index in [-0.39, 0.29) is 5.70 Å². The third-order valence-corrected chi connectivity index (χ3v) is 4.95. The highest BCUT2D eigenvalue weighted by atomic mass is 16.5. The van der Waals surface area contributed by atoms with Crippen molar-refractivity contribution < 1.29 is 4.74 Å². The summed E-state index contributed by atoms with van der Waals surface area (Å²) in [6.45, 7) is 7.57. The number of benzene rings is 2. The molecule has 0 aliphatic carbocycles. The molecular weight excluding hydrogens is 372 g/mol. The van der Waals surface area contributed by atoms with Crippen molar-refractivity contribution in [1.29, 1.82) is 5.26 Å². The van der Waals surface area contributed by atoms with Gasteiger partial charge in [0.05, 0.1) is 19.2 Å². The number of nitriles is 1. The second-order valence-electron chi connectivity index (χ2n) is 7.14. The first-order chi connectivity index (χ1) is 14.5. The highest BCUT2D eigenvalue weighted by Crippen LogP contribution is 2.26. The van der Waals surface area contributed by atoms with E-state index in [9.17, 15) is 0 Å². The molecule has 1 heterocycles. The van der Waals surface area contributed by atoms with Gasteiger partial charge in [0.15, 0.2) is 0 Å². The van der Waals surface area contributed by atoms with Gasteiger partial charge in [0.1, 0.15) is 5.76 Å². The Hall–Kier alpha value is -3.96. The SMILES string of the molecule is [C-]#[N+]C(C#N)=C1C=C(C=Cc2ccc(N(C)c3ccc(N(C)C)cc3)cc2)OCC1. The summed E-state index contributed by atoms with van der Waals surface area (Å²) in [5, 5.41) is 9.05. The molecule has 5 heteroatoms. The summed E-state index contributed by atoms with van der Waals surface area (Å²) in [6, 6.07) is 18.6. The maximum Gasteiger partial charge on any atom is 0.265 e. The highest BCUT2D eigenvalue weighted by Gasteiger charge is 2.11. The van der Waals surface area contributed by atoms with Gasteiger partial charge in [0.2, 0.25) is 0 Å². The number of rotatable bonds is 5. The molecule has 0 radical (unpaired) electrons. The molecule has 2 aromatic carbocycles. The molecule has 0 N–H and O–H groups in total. The van der Waals surface area contributed by atoms with E-state index in [4.69, 9.17) is 16.6 Å². The lowest BCUT2D eigenvalue weighted by atomic mass is 10.1.